The highest BCUT2D eigenvalue weighted by molar-refractivity contribution is 5.78. The first-order chi connectivity index (χ1) is 6.50. The molecular weight excluding hydrogens is 174 g/mol. The lowest BCUT2D eigenvalue weighted by molar-refractivity contribution is -0.127. The third-order valence-corrected chi connectivity index (χ3v) is 2.35. The highest BCUT2D eigenvalue weighted by Gasteiger charge is 2.07. The third kappa shape index (κ3) is 2.59. The topological polar surface area (TPSA) is 20.3 Å². The van der Waals surface area contributed by atoms with E-state index >= 15 is 0 Å². The summed E-state index contributed by atoms with van der Waals surface area (Å²) in [6.45, 7) is 4.08. The van der Waals surface area contributed by atoms with E-state index in [0.717, 1.165) is 5.56 Å². The molecule has 0 heterocycles. The van der Waals surface area contributed by atoms with Crippen LogP contribution in [0.5, 0.6) is 0 Å². The standard InChI is InChI=1S/C12H17NO/c1-9-5-6-10(2)11(7-9)8-12(14)13(3)4/h5-7H,8H2,1-4H3. The van der Waals surface area contributed by atoms with Crippen molar-refractivity contribution in [3.63, 3.8) is 0 Å². The van der Waals surface area contributed by atoms with Gasteiger partial charge in [-0.1, -0.05) is 23.8 Å². The van der Waals surface area contributed by atoms with E-state index < -0.39 is 0 Å². The van der Waals surface area contributed by atoms with Crippen LogP contribution in [0.25, 0.3) is 0 Å². The molecular formula is C12H17NO. The van der Waals surface area contributed by atoms with Crippen molar-refractivity contribution in [3.05, 3.63) is 34.9 Å². The molecule has 0 N–H and O–H groups in total. The number of nitrogens with zero attached hydrogens (tertiary/aromatic N) is 1. The van der Waals surface area contributed by atoms with Gasteiger partial charge in [0.2, 0.25) is 5.91 Å². The van der Waals surface area contributed by atoms with Crippen LogP contribution in [0.15, 0.2) is 18.2 Å². The molecule has 1 rings (SSSR count). The summed E-state index contributed by atoms with van der Waals surface area (Å²) in [5.74, 6) is 0.152. The highest BCUT2D eigenvalue weighted by Crippen LogP contribution is 2.11. The number of carbonyl (C=O) groups is 1. The largest absolute Gasteiger partial charge is 0.349 e. The second-order valence-electron chi connectivity index (χ2n) is 3.89. The zero-order chi connectivity index (χ0) is 10.7. The van der Waals surface area contributed by atoms with E-state index in [2.05, 4.69) is 18.2 Å². The molecule has 0 saturated heterocycles. The summed E-state index contributed by atoms with van der Waals surface area (Å²) in [4.78, 5) is 13.1. The van der Waals surface area contributed by atoms with E-state index in [1.54, 1.807) is 19.0 Å². The van der Waals surface area contributed by atoms with E-state index in [-0.39, 0.29) is 5.91 Å². The molecule has 2 nitrogen and oxygen atoms in total. The Labute approximate surface area is 85.5 Å². The smallest absolute Gasteiger partial charge is 0.226 e. The number of carbonyl (C=O) groups excluding carboxylic acids is 1. The first-order valence-corrected chi connectivity index (χ1v) is 4.77. The van der Waals surface area contributed by atoms with Crippen molar-refractivity contribution in [2.24, 2.45) is 0 Å². The van der Waals surface area contributed by atoms with Gasteiger partial charge in [-0.2, -0.15) is 0 Å². The van der Waals surface area contributed by atoms with Gasteiger partial charge in [0.1, 0.15) is 0 Å². The van der Waals surface area contributed by atoms with Crippen LogP contribution in [0.3, 0.4) is 0 Å². The van der Waals surface area contributed by atoms with Crippen LogP contribution in [-0.4, -0.2) is 24.9 Å². The molecule has 76 valence electrons. The molecule has 0 atom stereocenters. The minimum atomic E-state index is 0.152. The van der Waals surface area contributed by atoms with Crippen LogP contribution < -0.4 is 0 Å². The van der Waals surface area contributed by atoms with Crippen molar-refractivity contribution in [1.29, 1.82) is 0 Å². The predicted octanol–water partition coefficient (Wildman–Crippen LogP) is 1.93. The van der Waals surface area contributed by atoms with Crippen molar-refractivity contribution in [3.8, 4) is 0 Å². The zero-order valence-corrected chi connectivity index (χ0v) is 9.29. The molecule has 1 aromatic rings. The molecule has 0 aliphatic rings. The van der Waals surface area contributed by atoms with Crippen LogP contribution in [0.4, 0.5) is 0 Å². The van der Waals surface area contributed by atoms with E-state index in [0.29, 0.717) is 6.42 Å². The quantitative estimate of drug-likeness (QED) is 0.699. The Morgan fingerprint density at radius 3 is 2.50 bits per heavy atom. The Kier molecular flexibility index (Phi) is 3.28. The van der Waals surface area contributed by atoms with E-state index in [9.17, 15) is 4.79 Å². The predicted molar refractivity (Wildman–Crippen MR) is 58.3 cm³/mol. The van der Waals surface area contributed by atoms with Crippen LogP contribution in [0.2, 0.25) is 0 Å². The van der Waals surface area contributed by atoms with Gasteiger partial charge < -0.3 is 4.90 Å². The number of hydrogen-bond acceptors (Lipinski definition) is 1. The Hall–Kier alpha value is -1.31. The second-order valence-corrected chi connectivity index (χ2v) is 3.89. The van der Waals surface area contributed by atoms with Gasteiger partial charge in [-0.25, -0.2) is 0 Å². The van der Waals surface area contributed by atoms with E-state index in [4.69, 9.17) is 0 Å². The Balaban J connectivity index is 2.86. The Morgan fingerprint density at radius 1 is 1.29 bits per heavy atom. The summed E-state index contributed by atoms with van der Waals surface area (Å²) in [5, 5.41) is 0. The van der Waals surface area contributed by atoms with Gasteiger partial charge in [-0.3, -0.25) is 4.79 Å². The highest BCUT2D eigenvalue weighted by atomic mass is 16.2. The fourth-order valence-electron chi connectivity index (χ4n) is 1.31. The van der Waals surface area contributed by atoms with Crippen molar-refractivity contribution in [2.45, 2.75) is 20.3 Å². The lowest BCUT2D eigenvalue weighted by atomic mass is 10.0. The first kappa shape index (κ1) is 10.8. The lowest BCUT2D eigenvalue weighted by Gasteiger charge is -2.12. The van der Waals surface area contributed by atoms with Crippen molar-refractivity contribution in [1.82, 2.24) is 4.90 Å². The first-order valence-electron chi connectivity index (χ1n) is 4.77. The molecule has 2 heteroatoms. The van der Waals surface area contributed by atoms with Crippen molar-refractivity contribution in [2.75, 3.05) is 14.1 Å². The number of amides is 1. The molecule has 0 aliphatic heterocycles. The minimum absolute atomic E-state index is 0.152. The molecule has 0 aliphatic carbocycles. The summed E-state index contributed by atoms with van der Waals surface area (Å²) in [7, 11) is 3.57. The molecule has 0 aromatic heterocycles. The number of benzene rings is 1. The normalized spacial score (nSPS) is 10.0. The van der Waals surface area contributed by atoms with Crippen LogP contribution >= 0.6 is 0 Å². The Bertz CT molecular complexity index is 342. The number of aryl methyl sites for hydroxylation is 2. The molecule has 0 fully saturated rings. The molecule has 1 aromatic carbocycles. The number of rotatable bonds is 2. The van der Waals surface area contributed by atoms with Gasteiger partial charge in [0, 0.05) is 14.1 Å². The molecule has 0 unspecified atom stereocenters. The molecule has 0 saturated carbocycles. The molecule has 0 radical (unpaired) electrons. The van der Waals surface area contributed by atoms with Gasteiger partial charge in [-0.15, -0.1) is 0 Å². The zero-order valence-electron chi connectivity index (χ0n) is 9.29. The fourth-order valence-corrected chi connectivity index (χ4v) is 1.31. The van der Waals surface area contributed by atoms with Crippen molar-refractivity contribution < 1.29 is 4.79 Å². The van der Waals surface area contributed by atoms with E-state index in [1.807, 2.05) is 13.8 Å². The summed E-state index contributed by atoms with van der Waals surface area (Å²) in [5.41, 5.74) is 3.52. The van der Waals surface area contributed by atoms with E-state index in [1.165, 1.54) is 11.1 Å². The Morgan fingerprint density at radius 2 is 1.93 bits per heavy atom. The van der Waals surface area contributed by atoms with Gasteiger partial charge in [0.25, 0.3) is 0 Å². The van der Waals surface area contributed by atoms with Gasteiger partial charge in [-0.05, 0) is 25.0 Å². The maximum absolute atomic E-state index is 11.5. The van der Waals surface area contributed by atoms with Gasteiger partial charge >= 0.3 is 0 Å². The minimum Gasteiger partial charge on any atom is -0.349 e. The maximum Gasteiger partial charge on any atom is 0.226 e. The maximum atomic E-state index is 11.5. The average molecular weight is 191 g/mol. The average Bonchev–Trinajstić information content (AvgIpc) is 2.11. The summed E-state index contributed by atoms with van der Waals surface area (Å²) >= 11 is 0. The second kappa shape index (κ2) is 4.27. The number of likely N-dealkylation sites (N-methyl/N-ethyl adjacent to an activating group) is 1. The number of hydrogen-bond donors (Lipinski definition) is 0. The fraction of sp³-hybridized carbons (Fsp3) is 0.417. The SMILES string of the molecule is Cc1ccc(C)c(CC(=O)N(C)C)c1. The monoisotopic (exact) mass is 191 g/mol. The lowest BCUT2D eigenvalue weighted by Crippen LogP contribution is -2.23. The van der Waals surface area contributed by atoms with Crippen LogP contribution in [-0.2, 0) is 11.2 Å². The third-order valence-electron chi connectivity index (χ3n) is 2.35. The summed E-state index contributed by atoms with van der Waals surface area (Å²) in [6.07, 6.45) is 0.501. The summed E-state index contributed by atoms with van der Waals surface area (Å²) < 4.78 is 0. The molecule has 14 heavy (non-hydrogen) atoms. The summed E-state index contributed by atoms with van der Waals surface area (Å²) in [6, 6.07) is 6.21. The molecule has 1 amide bonds. The van der Waals surface area contributed by atoms with Crippen LogP contribution in [0, 0.1) is 13.8 Å². The van der Waals surface area contributed by atoms with Gasteiger partial charge in [0.15, 0.2) is 0 Å². The van der Waals surface area contributed by atoms with Crippen molar-refractivity contribution >= 4 is 5.91 Å². The van der Waals surface area contributed by atoms with Gasteiger partial charge in [0.05, 0.1) is 6.42 Å². The van der Waals surface area contributed by atoms with Crippen LogP contribution in [0.1, 0.15) is 16.7 Å². The molecule has 0 spiro atoms. The molecule has 0 bridgehead atoms.